The molecule has 0 saturated carbocycles. The quantitative estimate of drug-likeness (QED) is 0.739. The molecule has 0 atom stereocenters. The first-order valence-corrected chi connectivity index (χ1v) is 7.92. The standard InChI is InChI=1S/C19H17F2N3O2/c1-12-8-9-14(10-17(12)26-19(20)21)22-18(25)16-11-24(23-13(16)2)15-6-4-3-5-7-15/h3-11,19H,1-2H3,(H,22,25). The predicted octanol–water partition coefficient (Wildman–Crippen LogP) is 4.34. The minimum absolute atomic E-state index is 0.0227. The van der Waals surface area contributed by atoms with Crippen molar-refractivity contribution in [2.45, 2.75) is 20.5 Å². The number of carbonyl (C=O) groups excluding carboxylic acids is 1. The summed E-state index contributed by atoms with van der Waals surface area (Å²) in [5.41, 5.74) is 2.70. The maximum atomic E-state index is 12.5. The third-order valence-corrected chi connectivity index (χ3v) is 3.83. The van der Waals surface area contributed by atoms with Gasteiger partial charge in [-0.2, -0.15) is 13.9 Å². The highest BCUT2D eigenvalue weighted by Crippen LogP contribution is 2.25. The number of halogens is 2. The van der Waals surface area contributed by atoms with Crippen molar-refractivity contribution >= 4 is 11.6 Å². The van der Waals surface area contributed by atoms with Gasteiger partial charge in [0.2, 0.25) is 0 Å². The molecule has 0 aliphatic heterocycles. The second-order valence-electron chi connectivity index (χ2n) is 5.72. The third kappa shape index (κ3) is 3.88. The van der Waals surface area contributed by atoms with Gasteiger partial charge in [-0.3, -0.25) is 4.79 Å². The van der Waals surface area contributed by atoms with Crippen LogP contribution in [0.5, 0.6) is 5.75 Å². The predicted molar refractivity (Wildman–Crippen MR) is 94.1 cm³/mol. The fraction of sp³-hybridized carbons (Fsp3) is 0.158. The van der Waals surface area contributed by atoms with Crippen LogP contribution in [0, 0.1) is 13.8 Å². The summed E-state index contributed by atoms with van der Waals surface area (Å²) < 4.78 is 31.0. The molecule has 0 bridgehead atoms. The van der Waals surface area contributed by atoms with Crippen LogP contribution in [-0.4, -0.2) is 22.3 Å². The lowest BCUT2D eigenvalue weighted by molar-refractivity contribution is -0.0502. The third-order valence-electron chi connectivity index (χ3n) is 3.83. The Morgan fingerprint density at radius 2 is 1.88 bits per heavy atom. The van der Waals surface area contributed by atoms with Crippen LogP contribution in [0.15, 0.2) is 54.7 Å². The summed E-state index contributed by atoms with van der Waals surface area (Å²) >= 11 is 0. The molecule has 1 amide bonds. The zero-order valence-electron chi connectivity index (χ0n) is 14.2. The zero-order valence-corrected chi connectivity index (χ0v) is 14.2. The molecule has 0 fully saturated rings. The molecule has 1 heterocycles. The van der Waals surface area contributed by atoms with Crippen LogP contribution in [0.25, 0.3) is 5.69 Å². The topological polar surface area (TPSA) is 56.2 Å². The summed E-state index contributed by atoms with van der Waals surface area (Å²) in [6.07, 6.45) is 1.63. The van der Waals surface area contributed by atoms with Crippen LogP contribution < -0.4 is 10.1 Å². The maximum Gasteiger partial charge on any atom is 0.387 e. The van der Waals surface area contributed by atoms with Crippen molar-refractivity contribution in [1.29, 1.82) is 0 Å². The average Bonchev–Trinajstić information content (AvgIpc) is 3.00. The Morgan fingerprint density at radius 3 is 2.58 bits per heavy atom. The Hall–Kier alpha value is -3.22. The van der Waals surface area contributed by atoms with E-state index in [1.807, 2.05) is 30.3 Å². The second-order valence-corrected chi connectivity index (χ2v) is 5.72. The number of rotatable bonds is 5. The number of aromatic nitrogens is 2. The van der Waals surface area contributed by atoms with E-state index in [1.54, 1.807) is 36.9 Å². The molecular weight excluding hydrogens is 340 g/mol. The van der Waals surface area contributed by atoms with Crippen LogP contribution in [0.2, 0.25) is 0 Å². The molecule has 3 aromatic rings. The molecular formula is C19H17F2N3O2. The Kier molecular flexibility index (Phi) is 4.97. The van der Waals surface area contributed by atoms with Crippen molar-refractivity contribution in [3.8, 4) is 11.4 Å². The molecule has 0 aliphatic rings. The van der Waals surface area contributed by atoms with E-state index in [0.717, 1.165) is 5.69 Å². The average molecular weight is 357 g/mol. The minimum atomic E-state index is -2.92. The summed E-state index contributed by atoms with van der Waals surface area (Å²) in [5.74, 6) is -0.356. The lowest BCUT2D eigenvalue weighted by Crippen LogP contribution is -2.13. The first kappa shape index (κ1) is 17.6. The van der Waals surface area contributed by atoms with E-state index in [2.05, 4.69) is 15.2 Å². The molecule has 0 saturated heterocycles. The molecule has 26 heavy (non-hydrogen) atoms. The number of hydrogen-bond donors (Lipinski definition) is 1. The Balaban J connectivity index is 1.82. The lowest BCUT2D eigenvalue weighted by Gasteiger charge is -2.10. The molecule has 0 spiro atoms. The van der Waals surface area contributed by atoms with Gasteiger partial charge in [0.1, 0.15) is 5.75 Å². The molecule has 1 N–H and O–H groups in total. The molecule has 1 aromatic heterocycles. The van der Waals surface area contributed by atoms with Crippen molar-refractivity contribution in [3.63, 3.8) is 0 Å². The van der Waals surface area contributed by atoms with E-state index < -0.39 is 6.61 Å². The maximum absolute atomic E-state index is 12.5. The fourth-order valence-electron chi connectivity index (χ4n) is 2.50. The smallest absolute Gasteiger partial charge is 0.387 e. The van der Waals surface area contributed by atoms with E-state index >= 15 is 0 Å². The number of aryl methyl sites for hydroxylation is 2. The number of nitrogens with one attached hydrogen (secondary N) is 1. The minimum Gasteiger partial charge on any atom is -0.434 e. The normalized spacial score (nSPS) is 10.8. The molecule has 7 heteroatoms. The van der Waals surface area contributed by atoms with Crippen molar-refractivity contribution in [2.75, 3.05) is 5.32 Å². The highest BCUT2D eigenvalue weighted by Gasteiger charge is 2.15. The summed E-state index contributed by atoms with van der Waals surface area (Å²) in [6.45, 7) is 0.456. The largest absolute Gasteiger partial charge is 0.434 e. The number of amides is 1. The van der Waals surface area contributed by atoms with E-state index in [1.165, 1.54) is 6.07 Å². The van der Waals surface area contributed by atoms with E-state index in [4.69, 9.17) is 0 Å². The van der Waals surface area contributed by atoms with E-state index in [9.17, 15) is 13.6 Å². The van der Waals surface area contributed by atoms with Crippen molar-refractivity contribution in [3.05, 3.63) is 71.5 Å². The molecule has 3 rings (SSSR count). The van der Waals surface area contributed by atoms with Gasteiger partial charge < -0.3 is 10.1 Å². The van der Waals surface area contributed by atoms with Crippen LogP contribution >= 0.6 is 0 Å². The number of carbonyl (C=O) groups is 1. The number of hydrogen-bond acceptors (Lipinski definition) is 3. The zero-order chi connectivity index (χ0) is 18.7. The van der Waals surface area contributed by atoms with Gasteiger partial charge in [0.15, 0.2) is 0 Å². The number of benzene rings is 2. The van der Waals surface area contributed by atoms with E-state index in [-0.39, 0.29) is 11.7 Å². The van der Waals surface area contributed by atoms with Crippen molar-refractivity contribution in [1.82, 2.24) is 9.78 Å². The number of ether oxygens (including phenoxy) is 1. The summed E-state index contributed by atoms with van der Waals surface area (Å²) in [6, 6.07) is 14.0. The van der Waals surface area contributed by atoms with Gasteiger partial charge in [0.25, 0.3) is 5.91 Å². The lowest BCUT2D eigenvalue weighted by atomic mass is 10.2. The molecule has 0 radical (unpaired) electrons. The van der Waals surface area contributed by atoms with Gasteiger partial charge in [0.05, 0.1) is 16.9 Å². The number of anilines is 1. The van der Waals surface area contributed by atoms with Gasteiger partial charge in [-0.25, -0.2) is 4.68 Å². The Labute approximate surface area is 149 Å². The molecule has 5 nitrogen and oxygen atoms in total. The first-order chi connectivity index (χ1) is 12.4. The highest BCUT2D eigenvalue weighted by molar-refractivity contribution is 6.05. The van der Waals surface area contributed by atoms with Crippen molar-refractivity contribution in [2.24, 2.45) is 0 Å². The monoisotopic (exact) mass is 357 g/mol. The van der Waals surface area contributed by atoms with Gasteiger partial charge in [-0.05, 0) is 37.6 Å². The summed E-state index contributed by atoms with van der Waals surface area (Å²) in [5, 5.41) is 7.03. The molecule has 0 unspecified atom stereocenters. The molecule has 134 valence electrons. The second kappa shape index (κ2) is 7.35. The van der Waals surface area contributed by atoms with Gasteiger partial charge in [-0.1, -0.05) is 24.3 Å². The van der Waals surface area contributed by atoms with Gasteiger partial charge in [-0.15, -0.1) is 0 Å². The number of alkyl halides is 2. The van der Waals surface area contributed by atoms with E-state index in [0.29, 0.717) is 22.5 Å². The number of para-hydroxylation sites is 1. The summed E-state index contributed by atoms with van der Waals surface area (Å²) in [4.78, 5) is 12.5. The first-order valence-electron chi connectivity index (χ1n) is 7.92. The van der Waals surface area contributed by atoms with Gasteiger partial charge >= 0.3 is 6.61 Å². The molecule has 2 aromatic carbocycles. The number of nitrogens with zero attached hydrogens (tertiary/aromatic N) is 2. The SMILES string of the molecule is Cc1ccc(NC(=O)c2cn(-c3ccccc3)nc2C)cc1OC(F)F. The van der Waals surface area contributed by atoms with Crippen molar-refractivity contribution < 1.29 is 18.3 Å². The van der Waals surface area contributed by atoms with Crippen LogP contribution in [0.3, 0.4) is 0 Å². The Bertz CT molecular complexity index is 924. The molecule has 0 aliphatic carbocycles. The van der Waals surface area contributed by atoms with Crippen LogP contribution in [0.4, 0.5) is 14.5 Å². The summed E-state index contributed by atoms with van der Waals surface area (Å²) in [7, 11) is 0. The highest BCUT2D eigenvalue weighted by atomic mass is 19.3. The Morgan fingerprint density at radius 1 is 1.15 bits per heavy atom. The van der Waals surface area contributed by atoms with Crippen LogP contribution in [-0.2, 0) is 0 Å². The van der Waals surface area contributed by atoms with Crippen LogP contribution in [0.1, 0.15) is 21.6 Å². The fourth-order valence-corrected chi connectivity index (χ4v) is 2.50. The van der Waals surface area contributed by atoms with Gasteiger partial charge in [0, 0.05) is 18.0 Å².